The lowest BCUT2D eigenvalue weighted by Gasteiger charge is -2.24. The predicted octanol–water partition coefficient (Wildman–Crippen LogP) is 4.11. The molecular weight excluding hydrogens is 248 g/mol. The maximum atomic E-state index is 12.6. The number of hydrogen-bond acceptors (Lipinski definition) is 2. The second-order valence-electron chi connectivity index (χ2n) is 5.81. The maximum absolute atomic E-state index is 12.6. The summed E-state index contributed by atoms with van der Waals surface area (Å²) in [6.45, 7) is 4.02. The minimum atomic E-state index is -0.841. The van der Waals surface area contributed by atoms with Crippen LogP contribution in [0.1, 0.15) is 49.7 Å². The van der Waals surface area contributed by atoms with E-state index in [1.165, 1.54) is 0 Å². The smallest absolute Gasteiger partial charge is 0.244 e. The summed E-state index contributed by atoms with van der Waals surface area (Å²) < 4.78 is 0. The number of aryl methyl sites for hydroxylation is 1. The first-order valence-electron chi connectivity index (χ1n) is 7.38. The first kappa shape index (κ1) is 14.6. The monoisotopic (exact) mass is 270 g/mol. The molecule has 0 bridgehead atoms. The summed E-state index contributed by atoms with van der Waals surface area (Å²) in [6.07, 6.45) is 5.54. The summed E-state index contributed by atoms with van der Waals surface area (Å²) in [6, 6.07) is 8.16. The molecule has 1 saturated carbocycles. The zero-order valence-electron chi connectivity index (χ0n) is 12.3. The second-order valence-corrected chi connectivity index (χ2v) is 5.81. The maximum Gasteiger partial charge on any atom is 0.244 e. The van der Waals surface area contributed by atoms with Gasteiger partial charge in [-0.15, -0.1) is 0 Å². The number of nitrogens with zero attached hydrogens (tertiary/aromatic N) is 1. The van der Waals surface area contributed by atoms with E-state index in [4.69, 9.17) is 0 Å². The minimum absolute atomic E-state index is 0.129. The van der Waals surface area contributed by atoms with Crippen LogP contribution >= 0.6 is 0 Å². The van der Waals surface area contributed by atoms with Gasteiger partial charge in [-0.25, -0.2) is 0 Å². The van der Waals surface area contributed by atoms with Gasteiger partial charge in [0.1, 0.15) is 5.41 Å². The van der Waals surface area contributed by atoms with Crippen LogP contribution < -0.4 is 5.32 Å². The van der Waals surface area contributed by atoms with Gasteiger partial charge in [0.25, 0.3) is 0 Å². The van der Waals surface area contributed by atoms with Crippen LogP contribution in [0.2, 0.25) is 0 Å². The molecule has 1 aromatic carbocycles. The van der Waals surface area contributed by atoms with Crippen molar-refractivity contribution in [1.82, 2.24) is 0 Å². The number of carbonyl (C=O) groups is 1. The average molecular weight is 270 g/mol. The molecule has 3 heteroatoms. The van der Waals surface area contributed by atoms with Crippen LogP contribution in [0.4, 0.5) is 5.69 Å². The lowest BCUT2D eigenvalue weighted by atomic mass is 9.81. The minimum Gasteiger partial charge on any atom is -0.324 e. The van der Waals surface area contributed by atoms with E-state index in [0.717, 1.165) is 42.5 Å². The van der Waals surface area contributed by atoms with Crippen LogP contribution in [-0.4, -0.2) is 5.91 Å². The molecule has 1 amide bonds. The topological polar surface area (TPSA) is 52.9 Å². The SMILES string of the molecule is Cc1cccc(NC(=O)C2(C#N)CCCCCC2)c1C. The molecule has 0 unspecified atom stereocenters. The molecular formula is C17H22N2O. The highest BCUT2D eigenvalue weighted by atomic mass is 16.2. The average Bonchev–Trinajstić information content (AvgIpc) is 2.70. The third-order valence-corrected chi connectivity index (χ3v) is 4.46. The third kappa shape index (κ3) is 2.85. The Kier molecular flexibility index (Phi) is 4.44. The summed E-state index contributed by atoms with van der Waals surface area (Å²) >= 11 is 0. The Morgan fingerprint density at radius 2 is 1.85 bits per heavy atom. The predicted molar refractivity (Wildman–Crippen MR) is 80.3 cm³/mol. The van der Waals surface area contributed by atoms with Crippen molar-refractivity contribution in [3.63, 3.8) is 0 Å². The van der Waals surface area contributed by atoms with Crippen molar-refractivity contribution < 1.29 is 4.79 Å². The Morgan fingerprint density at radius 1 is 1.20 bits per heavy atom. The number of amides is 1. The number of nitriles is 1. The fourth-order valence-electron chi connectivity index (χ4n) is 2.85. The molecule has 1 aromatic rings. The standard InChI is InChI=1S/C17H22N2O/c1-13-8-7-9-15(14(13)2)19-16(20)17(12-18)10-5-3-4-6-11-17/h7-9H,3-6,10-11H2,1-2H3,(H,19,20). The molecule has 20 heavy (non-hydrogen) atoms. The number of carbonyl (C=O) groups excluding carboxylic acids is 1. The van der Waals surface area contributed by atoms with Gasteiger partial charge in [-0.2, -0.15) is 5.26 Å². The van der Waals surface area contributed by atoms with Crippen LogP contribution in [0.25, 0.3) is 0 Å². The van der Waals surface area contributed by atoms with E-state index < -0.39 is 5.41 Å². The highest BCUT2D eigenvalue weighted by molar-refractivity contribution is 5.97. The molecule has 0 saturated heterocycles. The van der Waals surface area contributed by atoms with Gasteiger partial charge < -0.3 is 5.32 Å². The Bertz CT molecular complexity index is 534. The van der Waals surface area contributed by atoms with Gasteiger partial charge in [0.05, 0.1) is 6.07 Å². The van der Waals surface area contributed by atoms with Crippen molar-refractivity contribution in [2.24, 2.45) is 5.41 Å². The Balaban J connectivity index is 2.21. The molecule has 2 rings (SSSR count). The Hall–Kier alpha value is -1.82. The molecule has 0 radical (unpaired) electrons. The lowest BCUT2D eigenvalue weighted by molar-refractivity contribution is -0.123. The Labute approximate surface area is 121 Å². The van der Waals surface area contributed by atoms with Crippen LogP contribution in [0.5, 0.6) is 0 Å². The molecule has 0 atom stereocenters. The van der Waals surface area contributed by atoms with E-state index in [1.807, 2.05) is 32.0 Å². The highest BCUT2D eigenvalue weighted by Crippen LogP contribution is 2.36. The summed E-state index contributed by atoms with van der Waals surface area (Å²) in [5.74, 6) is -0.129. The number of rotatable bonds is 2. The van der Waals surface area contributed by atoms with E-state index in [-0.39, 0.29) is 5.91 Å². The van der Waals surface area contributed by atoms with E-state index in [2.05, 4.69) is 11.4 Å². The van der Waals surface area contributed by atoms with Crippen molar-refractivity contribution in [3.8, 4) is 6.07 Å². The molecule has 1 aliphatic carbocycles. The van der Waals surface area contributed by atoms with E-state index >= 15 is 0 Å². The van der Waals surface area contributed by atoms with Crippen molar-refractivity contribution in [2.75, 3.05) is 5.32 Å². The van der Waals surface area contributed by atoms with E-state index in [1.54, 1.807) is 0 Å². The molecule has 1 fully saturated rings. The number of hydrogen-bond donors (Lipinski definition) is 1. The van der Waals surface area contributed by atoms with E-state index in [0.29, 0.717) is 12.8 Å². The van der Waals surface area contributed by atoms with Crippen molar-refractivity contribution >= 4 is 11.6 Å². The van der Waals surface area contributed by atoms with Gasteiger partial charge in [0.15, 0.2) is 0 Å². The quantitative estimate of drug-likeness (QED) is 0.822. The molecule has 0 aromatic heterocycles. The molecule has 0 aliphatic heterocycles. The summed E-state index contributed by atoms with van der Waals surface area (Å²) in [5.41, 5.74) is 2.21. The highest BCUT2D eigenvalue weighted by Gasteiger charge is 2.39. The van der Waals surface area contributed by atoms with Crippen molar-refractivity contribution in [2.45, 2.75) is 52.4 Å². The zero-order chi connectivity index (χ0) is 14.6. The fourth-order valence-corrected chi connectivity index (χ4v) is 2.85. The van der Waals surface area contributed by atoms with Crippen LogP contribution in [0, 0.1) is 30.6 Å². The van der Waals surface area contributed by atoms with Gasteiger partial charge in [-0.3, -0.25) is 4.79 Å². The van der Waals surface area contributed by atoms with Gasteiger partial charge in [0.2, 0.25) is 5.91 Å². The third-order valence-electron chi connectivity index (χ3n) is 4.46. The molecule has 106 valence electrons. The molecule has 3 nitrogen and oxygen atoms in total. The van der Waals surface area contributed by atoms with Crippen LogP contribution in [-0.2, 0) is 4.79 Å². The molecule has 1 N–H and O–H groups in total. The summed E-state index contributed by atoms with van der Waals surface area (Å²) in [5, 5.41) is 12.5. The van der Waals surface area contributed by atoms with Crippen LogP contribution in [0.15, 0.2) is 18.2 Å². The molecule has 0 heterocycles. The van der Waals surface area contributed by atoms with Crippen LogP contribution in [0.3, 0.4) is 0 Å². The molecule has 1 aliphatic rings. The fraction of sp³-hybridized carbons (Fsp3) is 0.529. The summed E-state index contributed by atoms with van der Waals surface area (Å²) in [4.78, 5) is 12.6. The van der Waals surface area contributed by atoms with Gasteiger partial charge in [-0.05, 0) is 43.9 Å². The number of benzene rings is 1. The molecule has 0 spiro atoms. The van der Waals surface area contributed by atoms with Gasteiger partial charge in [0, 0.05) is 5.69 Å². The largest absolute Gasteiger partial charge is 0.324 e. The first-order chi connectivity index (χ1) is 9.59. The second kappa shape index (κ2) is 6.09. The van der Waals surface area contributed by atoms with Gasteiger partial charge >= 0.3 is 0 Å². The number of anilines is 1. The van der Waals surface area contributed by atoms with Crippen molar-refractivity contribution in [1.29, 1.82) is 5.26 Å². The van der Waals surface area contributed by atoms with E-state index in [9.17, 15) is 10.1 Å². The van der Waals surface area contributed by atoms with Gasteiger partial charge in [-0.1, -0.05) is 37.8 Å². The van der Waals surface area contributed by atoms with Crippen molar-refractivity contribution in [3.05, 3.63) is 29.3 Å². The summed E-state index contributed by atoms with van der Waals surface area (Å²) in [7, 11) is 0. The Morgan fingerprint density at radius 3 is 2.45 bits per heavy atom. The lowest BCUT2D eigenvalue weighted by Crippen LogP contribution is -2.34. The number of nitrogens with one attached hydrogen (secondary N) is 1. The first-order valence-corrected chi connectivity index (χ1v) is 7.38. The zero-order valence-corrected chi connectivity index (χ0v) is 12.3. The normalized spacial score (nSPS) is 17.9.